The first-order valence-corrected chi connectivity index (χ1v) is 7.15. The second-order valence-corrected chi connectivity index (χ2v) is 5.38. The summed E-state index contributed by atoms with van der Waals surface area (Å²) in [6.45, 7) is 0. The van der Waals surface area contributed by atoms with Gasteiger partial charge in [0.1, 0.15) is 5.69 Å². The molecule has 0 radical (unpaired) electrons. The van der Waals surface area contributed by atoms with Crippen LogP contribution in [0.3, 0.4) is 0 Å². The van der Waals surface area contributed by atoms with Crippen LogP contribution < -0.4 is 36.1 Å². The number of nitro groups is 1. The van der Waals surface area contributed by atoms with Crippen molar-refractivity contribution >= 4 is 22.7 Å². The Bertz CT molecular complexity index is 938. The van der Waals surface area contributed by atoms with Gasteiger partial charge in [0.15, 0.2) is 23.0 Å². The second-order valence-electron chi connectivity index (χ2n) is 5.38. The maximum Gasteiger partial charge on any atom is 0.586 e. The average Bonchev–Trinajstić information content (AvgIpc) is 2.99. The van der Waals surface area contributed by atoms with Crippen LogP contribution >= 0.6 is 0 Å². The summed E-state index contributed by atoms with van der Waals surface area (Å²) in [7, 11) is 0. The second kappa shape index (κ2) is 6.11. The summed E-state index contributed by atoms with van der Waals surface area (Å²) in [5.41, 5.74) is 15.6. The number of fused-ring (bicyclic) bond motifs is 2. The zero-order chi connectivity index (χ0) is 20.9. The maximum atomic E-state index is 12.5. The van der Waals surface area contributed by atoms with Gasteiger partial charge in [-0.25, -0.2) is 0 Å². The Hall–Kier alpha value is -3.84. The minimum Gasteiger partial charge on any atom is -0.397 e. The summed E-state index contributed by atoms with van der Waals surface area (Å²) in [5, 5.41) is 10.4. The van der Waals surface area contributed by atoms with Crippen LogP contribution in [0.4, 0.5) is 40.3 Å². The Morgan fingerprint density at radius 2 is 1.04 bits per heavy atom. The van der Waals surface area contributed by atoms with Gasteiger partial charge in [0, 0.05) is 18.2 Å². The molecule has 2 aliphatic rings. The summed E-state index contributed by atoms with van der Waals surface area (Å²) in [6, 6.07) is 4.12. The van der Waals surface area contributed by atoms with Crippen LogP contribution in [-0.4, -0.2) is 17.5 Å². The molecule has 0 saturated heterocycles. The lowest BCUT2D eigenvalue weighted by Crippen LogP contribution is -2.25. The molecule has 2 aliphatic heterocycles. The lowest BCUT2D eigenvalue weighted by atomic mass is 10.2. The quantitative estimate of drug-likeness (QED) is 0.280. The van der Waals surface area contributed by atoms with E-state index in [0.717, 1.165) is 12.1 Å². The summed E-state index contributed by atoms with van der Waals surface area (Å²) >= 11 is 0. The average molecular weight is 406 g/mol. The number of nitrogens with two attached hydrogens (primary N) is 3. The molecule has 0 atom stereocenters. The molecular formula is C14H10F4N4O6. The van der Waals surface area contributed by atoms with Crippen molar-refractivity contribution < 1.29 is 41.4 Å². The van der Waals surface area contributed by atoms with Crippen molar-refractivity contribution in [2.24, 2.45) is 0 Å². The van der Waals surface area contributed by atoms with Crippen molar-refractivity contribution in [3.05, 3.63) is 34.4 Å². The lowest BCUT2D eigenvalue weighted by molar-refractivity contribution is -0.384. The van der Waals surface area contributed by atoms with E-state index in [1.807, 2.05) is 0 Å². The molecule has 0 unspecified atom stereocenters. The Morgan fingerprint density at radius 1 is 0.714 bits per heavy atom. The van der Waals surface area contributed by atoms with Crippen molar-refractivity contribution in [1.29, 1.82) is 0 Å². The monoisotopic (exact) mass is 406 g/mol. The largest absolute Gasteiger partial charge is 0.586 e. The highest BCUT2D eigenvalue weighted by atomic mass is 19.3. The van der Waals surface area contributed by atoms with Crippen molar-refractivity contribution in [3.8, 4) is 23.0 Å². The van der Waals surface area contributed by atoms with E-state index in [9.17, 15) is 27.7 Å². The first kappa shape index (κ1) is 18.9. The molecule has 150 valence electrons. The number of ether oxygens (including phenoxy) is 4. The van der Waals surface area contributed by atoms with E-state index in [1.165, 1.54) is 12.1 Å². The number of nitrogens with zero attached hydrogens (tertiary/aromatic N) is 1. The highest BCUT2D eigenvalue weighted by Crippen LogP contribution is 2.45. The van der Waals surface area contributed by atoms with Gasteiger partial charge in [-0.05, 0) is 0 Å². The zero-order valence-electron chi connectivity index (χ0n) is 13.5. The molecule has 0 saturated carbocycles. The third-order valence-corrected chi connectivity index (χ3v) is 3.35. The lowest BCUT2D eigenvalue weighted by Gasteiger charge is -2.04. The van der Waals surface area contributed by atoms with E-state index in [4.69, 9.17) is 17.2 Å². The standard InChI is InChI=1S/C7H4F2N2O4.C7H6F2N2O2/c8-7(9)14-5-1-3(10)4(11(12)13)2-6(5)15-7;8-7(9)12-5-1-3(10)4(11)2-6(5)13-7/h1-2H,10H2;1-2H,10-11H2. The van der Waals surface area contributed by atoms with Crippen LogP contribution in [0.1, 0.15) is 0 Å². The highest BCUT2D eigenvalue weighted by Gasteiger charge is 2.45. The predicted molar refractivity (Wildman–Crippen MR) is 85.2 cm³/mol. The molecule has 2 aromatic rings. The molecule has 0 spiro atoms. The first-order valence-electron chi connectivity index (χ1n) is 7.15. The molecule has 4 rings (SSSR count). The Kier molecular flexibility index (Phi) is 4.13. The van der Waals surface area contributed by atoms with E-state index in [0.29, 0.717) is 0 Å². The predicted octanol–water partition coefficient (Wildman–Crippen LogP) is 2.67. The first-order chi connectivity index (χ1) is 12.9. The minimum absolute atomic E-state index is 0.100. The van der Waals surface area contributed by atoms with Crippen molar-refractivity contribution in [2.45, 2.75) is 12.6 Å². The van der Waals surface area contributed by atoms with Crippen LogP contribution in [0.5, 0.6) is 23.0 Å². The fourth-order valence-electron chi connectivity index (χ4n) is 2.19. The van der Waals surface area contributed by atoms with Gasteiger partial charge in [-0.15, -0.1) is 17.6 Å². The normalized spacial score (nSPS) is 16.9. The van der Waals surface area contributed by atoms with E-state index in [1.54, 1.807) is 0 Å². The molecule has 0 bridgehead atoms. The van der Waals surface area contributed by atoms with E-state index < -0.39 is 28.9 Å². The molecule has 2 aromatic carbocycles. The number of alkyl halides is 4. The van der Waals surface area contributed by atoms with Gasteiger partial charge in [0.05, 0.1) is 22.4 Å². The molecule has 0 fully saturated rings. The van der Waals surface area contributed by atoms with E-state index in [2.05, 4.69) is 18.9 Å². The van der Waals surface area contributed by atoms with E-state index in [-0.39, 0.29) is 34.3 Å². The molecule has 10 nitrogen and oxygen atoms in total. The third kappa shape index (κ3) is 3.65. The van der Waals surface area contributed by atoms with Crippen LogP contribution in [0.25, 0.3) is 0 Å². The molecule has 6 N–H and O–H groups in total. The van der Waals surface area contributed by atoms with Gasteiger partial charge in [-0.1, -0.05) is 0 Å². The molecule has 0 aromatic heterocycles. The summed E-state index contributed by atoms with van der Waals surface area (Å²) < 4.78 is 66.4. The molecule has 2 heterocycles. The van der Waals surface area contributed by atoms with Gasteiger partial charge >= 0.3 is 12.6 Å². The topological polar surface area (TPSA) is 158 Å². The zero-order valence-corrected chi connectivity index (χ0v) is 13.5. The Labute approximate surface area is 152 Å². The molecular weight excluding hydrogens is 396 g/mol. The maximum absolute atomic E-state index is 12.5. The van der Waals surface area contributed by atoms with Gasteiger partial charge in [-0.3, -0.25) is 10.1 Å². The van der Waals surface area contributed by atoms with Gasteiger partial charge in [0.25, 0.3) is 5.69 Å². The van der Waals surface area contributed by atoms with Crippen LogP contribution in [-0.2, 0) is 0 Å². The van der Waals surface area contributed by atoms with Crippen LogP contribution in [0.15, 0.2) is 24.3 Å². The Balaban J connectivity index is 0.000000162. The molecule has 14 heteroatoms. The summed E-state index contributed by atoms with van der Waals surface area (Å²) in [4.78, 5) is 9.63. The molecule has 28 heavy (non-hydrogen) atoms. The number of halogens is 4. The van der Waals surface area contributed by atoms with Crippen molar-refractivity contribution in [2.75, 3.05) is 17.2 Å². The van der Waals surface area contributed by atoms with Gasteiger partial charge < -0.3 is 36.1 Å². The number of hydrogen-bond acceptors (Lipinski definition) is 9. The van der Waals surface area contributed by atoms with E-state index >= 15 is 0 Å². The SMILES string of the molecule is Nc1cc2c(cc1N)OC(F)(F)O2.Nc1cc2c(cc1[N+](=O)[O-])OC(F)(F)O2. The fraction of sp³-hybridized carbons (Fsp3) is 0.143. The number of rotatable bonds is 1. The Morgan fingerprint density at radius 3 is 1.39 bits per heavy atom. The van der Waals surface area contributed by atoms with Gasteiger partial charge in [0.2, 0.25) is 0 Å². The number of benzene rings is 2. The number of nitro benzene ring substituents is 1. The van der Waals surface area contributed by atoms with Crippen molar-refractivity contribution in [3.63, 3.8) is 0 Å². The van der Waals surface area contributed by atoms with Crippen molar-refractivity contribution in [1.82, 2.24) is 0 Å². The number of anilines is 3. The third-order valence-electron chi connectivity index (χ3n) is 3.35. The summed E-state index contributed by atoms with van der Waals surface area (Å²) in [5.74, 6) is -0.919. The van der Waals surface area contributed by atoms with Crippen LogP contribution in [0, 0.1) is 10.1 Å². The smallest absolute Gasteiger partial charge is 0.397 e. The summed E-state index contributed by atoms with van der Waals surface area (Å²) in [6.07, 6.45) is -7.42. The number of hydrogen-bond donors (Lipinski definition) is 3. The molecule has 0 amide bonds. The number of nitrogen functional groups attached to an aromatic ring is 3. The minimum atomic E-state index is -3.80. The fourth-order valence-corrected chi connectivity index (χ4v) is 2.19. The van der Waals surface area contributed by atoms with Gasteiger partial charge in [-0.2, -0.15) is 0 Å². The molecule has 0 aliphatic carbocycles. The highest BCUT2D eigenvalue weighted by molar-refractivity contribution is 5.70. The van der Waals surface area contributed by atoms with Crippen LogP contribution in [0.2, 0.25) is 0 Å².